The molecule has 2 rings (SSSR count). The molecule has 1 aliphatic heterocycles. The Balaban J connectivity index is 1.97. The fraction of sp³-hybridized carbons (Fsp3) is 0.556. The Kier molecular flexibility index (Phi) is 5.77. The second-order valence-corrected chi connectivity index (χ2v) is 6.31. The van der Waals surface area contributed by atoms with Gasteiger partial charge in [-0.2, -0.15) is 0 Å². The molecule has 5 nitrogen and oxygen atoms in total. The second-order valence-electron chi connectivity index (χ2n) is 6.31. The van der Waals surface area contributed by atoms with Gasteiger partial charge in [-0.05, 0) is 44.6 Å². The molecule has 126 valence electrons. The van der Waals surface area contributed by atoms with Gasteiger partial charge in [0.1, 0.15) is 0 Å². The molecule has 0 saturated carbocycles. The van der Waals surface area contributed by atoms with Gasteiger partial charge < -0.3 is 15.1 Å². The van der Waals surface area contributed by atoms with Crippen LogP contribution in [-0.4, -0.2) is 49.9 Å². The van der Waals surface area contributed by atoms with E-state index in [1.54, 1.807) is 4.90 Å². The molecule has 2 amide bonds. The van der Waals surface area contributed by atoms with Gasteiger partial charge in [0, 0.05) is 31.7 Å². The number of amides is 2. The highest BCUT2D eigenvalue weighted by atomic mass is 16.2. The topological polar surface area (TPSA) is 52.7 Å². The predicted molar refractivity (Wildman–Crippen MR) is 92.6 cm³/mol. The van der Waals surface area contributed by atoms with E-state index < -0.39 is 0 Å². The molecule has 0 aromatic heterocycles. The summed E-state index contributed by atoms with van der Waals surface area (Å²) in [7, 11) is 2.02. The Morgan fingerprint density at radius 3 is 2.83 bits per heavy atom. The molecule has 1 atom stereocenters. The summed E-state index contributed by atoms with van der Waals surface area (Å²) in [5.41, 5.74) is 3.19. The van der Waals surface area contributed by atoms with E-state index >= 15 is 0 Å². The fourth-order valence-electron chi connectivity index (χ4n) is 2.82. The largest absolute Gasteiger partial charge is 0.355 e. The van der Waals surface area contributed by atoms with Gasteiger partial charge >= 0.3 is 0 Å². The van der Waals surface area contributed by atoms with Crippen molar-refractivity contribution >= 4 is 17.5 Å². The van der Waals surface area contributed by atoms with Crippen LogP contribution in [0, 0.1) is 19.8 Å². The maximum Gasteiger partial charge on any atom is 0.227 e. The number of carbonyl (C=O) groups excluding carboxylic acids is 2. The van der Waals surface area contributed by atoms with Gasteiger partial charge in [0.15, 0.2) is 0 Å². The molecule has 0 radical (unpaired) electrons. The molecule has 1 aliphatic rings. The van der Waals surface area contributed by atoms with Crippen LogP contribution in [0.5, 0.6) is 0 Å². The highest BCUT2D eigenvalue weighted by Crippen LogP contribution is 2.29. The number of carbonyl (C=O) groups is 2. The molecule has 1 fully saturated rings. The maximum atomic E-state index is 12.3. The number of anilines is 1. The van der Waals surface area contributed by atoms with E-state index in [1.165, 1.54) is 0 Å². The summed E-state index contributed by atoms with van der Waals surface area (Å²) in [6.07, 6.45) is 0.294. The Morgan fingerprint density at radius 2 is 2.13 bits per heavy atom. The Bertz CT molecular complexity index is 586. The number of aryl methyl sites for hydroxylation is 1. The van der Waals surface area contributed by atoms with Gasteiger partial charge in [-0.15, -0.1) is 0 Å². The summed E-state index contributed by atoms with van der Waals surface area (Å²) in [6, 6.07) is 5.95. The number of rotatable bonds is 6. The number of hydrogen-bond donors (Lipinski definition) is 1. The molecule has 1 saturated heterocycles. The molecule has 23 heavy (non-hydrogen) atoms. The van der Waals surface area contributed by atoms with E-state index in [9.17, 15) is 9.59 Å². The van der Waals surface area contributed by atoms with Crippen LogP contribution in [-0.2, 0) is 9.59 Å². The van der Waals surface area contributed by atoms with E-state index in [0.717, 1.165) is 29.9 Å². The van der Waals surface area contributed by atoms with E-state index in [0.29, 0.717) is 19.5 Å². The lowest BCUT2D eigenvalue weighted by Gasteiger charge is -2.20. The molecule has 0 aliphatic carbocycles. The average molecular weight is 317 g/mol. The zero-order valence-electron chi connectivity index (χ0n) is 14.6. The molecular formula is C18H27N3O2. The number of hydrogen-bond acceptors (Lipinski definition) is 3. The van der Waals surface area contributed by atoms with Crippen molar-refractivity contribution < 1.29 is 9.59 Å². The molecule has 1 heterocycles. The van der Waals surface area contributed by atoms with Gasteiger partial charge in [0.05, 0.1) is 5.92 Å². The third-order valence-electron chi connectivity index (χ3n) is 4.70. The van der Waals surface area contributed by atoms with Crippen LogP contribution >= 0.6 is 0 Å². The van der Waals surface area contributed by atoms with Gasteiger partial charge in [-0.1, -0.05) is 19.1 Å². The maximum absolute atomic E-state index is 12.3. The molecule has 1 aromatic rings. The molecule has 5 heteroatoms. The van der Waals surface area contributed by atoms with Crippen molar-refractivity contribution in [3.8, 4) is 0 Å². The van der Waals surface area contributed by atoms with Crippen LogP contribution in [0.1, 0.15) is 24.5 Å². The molecule has 1 N–H and O–H groups in total. The Hall–Kier alpha value is -1.88. The van der Waals surface area contributed by atoms with Crippen LogP contribution in [0.25, 0.3) is 0 Å². The van der Waals surface area contributed by atoms with Crippen molar-refractivity contribution in [2.45, 2.75) is 27.2 Å². The first kappa shape index (κ1) is 17.5. The molecule has 0 unspecified atom stereocenters. The van der Waals surface area contributed by atoms with Crippen LogP contribution in [0.2, 0.25) is 0 Å². The van der Waals surface area contributed by atoms with Crippen molar-refractivity contribution in [1.29, 1.82) is 0 Å². The molecule has 0 spiro atoms. The second kappa shape index (κ2) is 7.59. The summed E-state index contributed by atoms with van der Waals surface area (Å²) < 4.78 is 0. The summed E-state index contributed by atoms with van der Waals surface area (Å²) in [4.78, 5) is 28.5. The number of benzene rings is 1. The van der Waals surface area contributed by atoms with Gasteiger partial charge in [0.25, 0.3) is 0 Å². The van der Waals surface area contributed by atoms with Crippen molar-refractivity contribution in [3.05, 3.63) is 29.3 Å². The summed E-state index contributed by atoms with van der Waals surface area (Å²) in [5.74, 6) is -0.241. The molecule has 0 bridgehead atoms. The van der Waals surface area contributed by atoms with E-state index in [2.05, 4.69) is 17.1 Å². The number of nitrogens with one attached hydrogen (secondary N) is 1. The van der Waals surface area contributed by atoms with Gasteiger partial charge in [-0.3, -0.25) is 9.59 Å². The van der Waals surface area contributed by atoms with E-state index in [1.807, 2.05) is 39.1 Å². The van der Waals surface area contributed by atoms with Crippen molar-refractivity contribution in [3.63, 3.8) is 0 Å². The van der Waals surface area contributed by atoms with Crippen LogP contribution < -0.4 is 10.2 Å². The lowest BCUT2D eigenvalue weighted by Crippen LogP contribution is -2.37. The normalized spacial score (nSPS) is 17.9. The van der Waals surface area contributed by atoms with Gasteiger partial charge in [0.2, 0.25) is 11.8 Å². The summed E-state index contributed by atoms with van der Waals surface area (Å²) >= 11 is 0. The van der Waals surface area contributed by atoms with Gasteiger partial charge in [-0.25, -0.2) is 0 Å². The Morgan fingerprint density at radius 1 is 1.39 bits per heavy atom. The first-order chi connectivity index (χ1) is 10.9. The van der Waals surface area contributed by atoms with E-state index in [-0.39, 0.29) is 17.7 Å². The quantitative estimate of drug-likeness (QED) is 0.869. The standard InChI is InChI=1S/C18H27N3O2/c1-5-20(4)10-9-19-18(23)15-11-17(22)21(12-15)16-8-6-7-13(2)14(16)3/h6-8,15H,5,9-12H2,1-4H3,(H,19,23)/t15-/m1/s1. The highest BCUT2D eigenvalue weighted by molar-refractivity contribution is 6.00. The minimum absolute atomic E-state index is 0.0179. The summed E-state index contributed by atoms with van der Waals surface area (Å²) in [5, 5.41) is 2.95. The van der Waals surface area contributed by atoms with E-state index in [4.69, 9.17) is 0 Å². The number of likely N-dealkylation sites (N-methyl/N-ethyl adjacent to an activating group) is 1. The van der Waals surface area contributed by atoms with Crippen LogP contribution in [0.15, 0.2) is 18.2 Å². The summed E-state index contributed by atoms with van der Waals surface area (Å²) in [6.45, 7) is 9.01. The average Bonchev–Trinajstić information content (AvgIpc) is 2.91. The third kappa shape index (κ3) is 4.10. The predicted octanol–water partition coefficient (Wildman–Crippen LogP) is 1.72. The lowest BCUT2D eigenvalue weighted by atomic mass is 10.1. The SMILES string of the molecule is CCN(C)CCNC(=O)[C@@H]1CC(=O)N(c2cccc(C)c2C)C1. The van der Waals surface area contributed by atoms with Crippen molar-refractivity contribution in [2.75, 3.05) is 38.1 Å². The molecular weight excluding hydrogens is 290 g/mol. The highest BCUT2D eigenvalue weighted by Gasteiger charge is 2.35. The fourth-order valence-corrected chi connectivity index (χ4v) is 2.82. The number of nitrogens with zero attached hydrogens (tertiary/aromatic N) is 2. The molecule has 1 aromatic carbocycles. The monoisotopic (exact) mass is 317 g/mol. The first-order valence-electron chi connectivity index (χ1n) is 8.26. The zero-order chi connectivity index (χ0) is 17.0. The lowest BCUT2D eigenvalue weighted by molar-refractivity contribution is -0.126. The van der Waals surface area contributed by atoms with Crippen molar-refractivity contribution in [2.24, 2.45) is 5.92 Å². The smallest absolute Gasteiger partial charge is 0.227 e. The third-order valence-corrected chi connectivity index (χ3v) is 4.70. The zero-order valence-corrected chi connectivity index (χ0v) is 14.6. The minimum atomic E-state index is -0.255. The van der Waals surface area contributed by atoms with Crippen LogP contribution in [0.3, 0.4) is 0 Å². The van der Waals surface area contributed by atoms with Crippen molar-refractivity contribution in [1.82, 2.24) is 10.2 Å². The first-order valence-corrected chi connectivity index (χ1v) is 8.26. The van der Waals surface area contributed by atoms with Crippen LogP contribution in [0.4, 0.5) is 5.69 Å². The minimum Gasteiger partial charge on any atom is -0.355 e. The Labute approximate surface area is 138 Å².